The summed E-state index contributed by atoms with van der Waals surface area (Å²) in [6, 6.07) is 0.656. The molecule has 0 radical (unpaired) electrons. The van der Waals surface area contributed by atoms with Crippen LogP contribution in [0.5, 0.6) is 0 Å². The molecule has 3 nitrogen and oxygen atoms in total. The second-order valence-electron chi connectivity index (χ2n) is 4.45. The van der Waals surface area contributed by atoms with Crippen molar-refractivity contribution in [3.8, 4) is 0 Å². The number of hydrogen-bond acceptors (Lipinski definition) is 3. The predicted octanol–water partition coefficient (Wildman–Crippen LogP) is 0.381. The van der Waals surface area contributed by atoms with Crippen molar-refractivity contribution in [1.82, 2.24) is 5.32 Å². The smallest absolute Gasteiger partial charge is 0.427 e. The topological polar surface area (TPSA) is 52.5 Å². The lowest BCUT2D eigenvalue weighted by molar-refractivity contribution is 0.197. The zero-order valence-corrected chi connectivity index (χ0v) is 7.95. The van der Waals surface area contributed by atoms with Gasteiger partial charge in [0.15, 0.2) is 0 Å². The van der Waals surface area contributed by atoms with Crippen LogP contribution in [-0.4, -0.2) is 29.8 Å². The van der Waals surface area contributed by atoms with E-state index in [-0.39, 0.29) is 5.82 Å². The average molecular weight is 183 g/mol. The molecule has 4 heteroatoms. The van der Waals surface area contributed by atoms with Crippen LogP contribution in [-0.2, 0) is 0 Å². The van der Waals surface area contributed by atoms with Crippen molar-refractivity contribution in [2.24, 2.45) is 5.92 Å². The minimum atomic E-state index is -1.09. The van der Waals surface area contributed by atoms with Gasteiger partial charge in [-0.1, -0.05) is 6.42 Å². The Kier molecular flexibility index (Phi) is 2.91. The molecule has 1 aliphatic heterocycles. The summed E-state index contributed by atoms with van der Waals surface area (Å²) in [6.07, 6.45) is 5.59. The van der Waals surface area contributed by atoms with Gasteiger partial charge in [0.1, 0.15) is 0 Å². The Labute approximate surface area is 79.7 Å². The van der Waals surface area contributed by atoms with Crippen LogP contribution in [0.2, 0.25) is 5.82 Å². The summed E-state index contributed by atoms with van der Waals surface area (Å²) in [5.41, 5.74) is 0. The molecule has 0 spiro atoms. The number of piperidine rings is 1. The summed E-state index contributed by atoms with van der Waals surface area (Å²) in [5, 5.41) is 21.7. The van der Waals surface area contributed by atoms with Gasteiger partial charge in [0.2, 0.25) is 0 Å². The third-order valence-electron chi connectivity index (χ3n) is 3.60. The van der Waals surface area contributed by atoms with Gasteiger partial charge >= 0.3 is 7.12 Å². The highest BCUT2D eigenvalue weighted by Crippen LogP contribution is 2.37. The van der Waals surface area contributed by atoms with E-state index in [1.165, 1.54) is 12.8 Å². The second-order valence-corrected chi connectivity index (χ2v) is 4.45. The maximum atomic E-state index is 9.10. The van der Waals surface area contributed by atoms with Crippen molar-refractivity contribution in [2.45, 2.75) is 44.0 Å². The first-order valence-corrected chi connectivity index (χ1v) is 5.37. The van der Waals surface area contributed by atoms with Crippen molar-refractivity contribution in [1.29, 1.82) is 0 Å². The fraction of sp³-hybridized carbons (Fsp3) is 1.00. The zero-order chi connectivity index (χ0) is 9.26. The van der Waals surface area contributed by atoms with Crippen LogP contribution in [0.15, 0.2) is 0 Å². The molecule has 2 fully saturated rings. The standard InChI is InChI=1S/C9H18BNO2/c12-10(13)8-3-4-9-7(6-8)2-1-5-11-9/h7-9,11-13H,1-6H2. The molecule has 3 N–H and O–H groups in total. The van der Waals surface area contributed by atoms with Crippen molar-refractivity contribution >= 4 is 7.12 Å². The molecule has 3 atom stereocenters. The Morgan fingerprint density at radius 1 is 1.15 bits per heavy atom. The Hall–Kier alpha value is -0.0551. The lowest BCUT2D eigenvalue weighted by Crippen LogP contribution is -2.45. The molecule has 1 heterocycles. The van der Waals surface area contributed by atoms with Crippen LogP contribution in [0.3, 0.4) is 0 Å². The number of rotatable bonds is 1. The number of hydrogen-bond donors (Lipinski definition) is 3. The molecule has 0 amide bonds. The highest BCUT2D eigenvalue weighted by molar-refractivity contribution is 6.43. The van der Waals surface area contributed by atoms with E-state index in [2.05, 4.69) is 5.32 Å². The quantitative estimate of drug-likeness (QED) is 0.515. The monoisotopic (exact) mass is 183 g/mol. The van der Waals surface area contributed by atoms with E-state index in [1.54, 1.807) is 0 Å². The van der Waals surface area contributed by atoms with Gasteiger partial charge in [-0.25, -0.2) is 0 Å². The van der Waals surface area contributed by atoms with E-state index < -0.39 is 7.12 Å². The van der Waals surface area contributed by atoms with Gasteiger partial charge in [0.25, 0.3) is 0 Å². The fourth-order valence-electron chi connectivity index (χ4n) is 2.81. The molecule has 74 valence electrons. The first-order chi connectivity index (χ1) is 6.27. The van der Waals surface area contributed by atoms with E-state index >= 15 is 0 Å². The summed E-state index contributed by atoms with van der Waals surface area (Å²) < 4.78 is 0. The molecule has 0 aromatic carbocycles. The van der Waals surface area contributed by atoms with Crippen molar-refractivity contribution in [2.75, 3.05) is 6.54 Å². The molecular formula is C9H18BNO2. The fourth-order valence-corrected chi connectivity index (χ4v) is 2.81. The van der Waals surface area contributed by atoms with E-state index in [0.29, 0.717) is 12.0 Å². The van der Waals surface area contributed by atoms with Crippen LogP contribution in [0, 0.1) is 5.92 Å². The summed E-state index contributed by atoms with van der Waals surface area (Å²) >= 11 is 0. The van der Waals surface area contributed by atoms with Gasteiger partial charge < -0.3 is 15.4 Å². The Bertz CT molecular complexity index is 177. The molecule has 2 rings (SSSR count). The molecular weight excluding hydrogens is 165 g/mol. The molecule has 1 saturated carbocycles. The molecule has 0 aromatic rings. The molecule has 13 heavy (non-hydrogen) atoms. The maximum Gasteiger partial charge on any atom is 0.454 e. The van der Waals surface area contributed by atoms with E-state index in [1.807, 2.05) is 0 Å². The van der Waals surface area contributed by atoms with Crippen molar-refractivity contribution in [3.05, 3.63) is 0 Å². The maximum absolute atomic E-state index is 9.10. The van der Waals surface area contributed by atoms with Gasteiger partial charge in [-0.3, -0.25) is 0 Å². The molecule has 0 bridgehead atoms. The van der Waals surface area contributed by atoms with Crippen LogP contribution >= 0.6 is 0 Å². The molecule has 1 saturated heterocycles. The first kappa shape index (κ1) is 9.50. The van der Waals surface area contributed by atoms with E-state index in [0.717, 1.165) is 25.8 Å². The van der Waals surface area contributed by atoms with Crippen LogP contribution in [0.4, 0.5) is 0 Å². The molecule has 2 aliphatic rings. The van der Waals surface area contributed by atoms with Gasteiger partial charge in [0, 0.05) is 6.04 Å². The highest BCUT2D eigenvalue weighted by atomic mass is 16.4. The van der Waals surface area contributed by atoms with E-state index in [4.69, 9.17) is 10.0 Å². The first-order valence-electron chi connectivity index (χ1n) is 5.37. The third kappa shape index (κ3) is 2.06. The SMILES string of the molecule is OB(O)C1CCC2NCCCC2C1. The molecule has 0 aromatic heterocycles. The van der Waals surface area contributed by atoms with Crippen LogP contribution in [0.1, 0.15) is 32.1 Å². The minimum Gasteiger partial charge on any atom is -0.427 e. The third-order valence-corrected chi connectivity index (χ3v) is 3.60. The predicted molar refractivity (Wildman–Crippen MR) is 52.3 cm³/mol. The van der Waals surface area contributed by atoms with Gasteiger partial charge in [-0.15, -0.1) is 0 Å². The van der Waals surface area contributed by atoms with Crippen molar-refractivity contribution < 1.29 is 10.0 Å². The number of fused-ring (bicyclic) bond motifs is 1. The second kappa shape index (κ2) is 3.99. The molecule has 1 aliphatic carbocycles. The van der Waals surface area contributed by atoms with Crippen LogP contribution in [0.25, 0.3) is 0 Å². The van der Waals surface area contributed by atoms with Gasteiger partial charge in [-0.2, -0.15) is 0 Å². The average Bonchev–Trinajstić information content (AvgIpc) is 2.17. The van der Waals surface area contributed by atoms with Gasteiger partial charge in [0.05, 0.1) is 0 Å². The summed E-state index contributed by atoms with van der Waals surface area (Å²) in [6.45, 7) is 1.15. The minimum absolute atomic E-state index is 0.126. The Balaban J connectivity index is 1.91. The number of nitrogens with one attached hydrogen (secondary N) is 1. The van der Waals surface area contributed by atoms with Gasteiger partial charge in [-0.05, 0) is 44.0 Å². The normalized spacial score (nSPS) is 39.7. The molecule has 3 unspecified atom stereocenters. The van der Waals surface area contributed by atoms with Crippen molar-refractivity contribution in [3.63, 3.8) is 0 Å². The zero-order valence-electron chi connectivity index (χ0n) is 7.95. The summed E-state index contributed by atoms with van der Waals surface area (Å²) in [7, 11) is -1.09. The Morgan fingerprint density at radius 2 is 2.00 bits per heavy atom. The van der Waals surface area contributed by atoms with E-state index in [9.17, 15) is 0 Å². The highest BCUT2D eigenvalue weighted by Gasteiger charge is 2.36. The Morgan fingerprint density at radius 3 is 2.77 bits per heavy atom. The summed E-state index contributed by atoms with van der Waals surface area (Å²) in [5.74, 6) is 0.815. The largest absolute Gasteiger partial charge is 0.454 e. The lowest BCUT2D eigenvalue weighted by atomic mass is 9.60. The van der Waals surface area contributed by atoms with Crippen LogP contribution < -0.4 is 5.32 Å². The summed E-state index contributed by atoms with van der Waals surface area (Å²) in [4.78, 5) is 0. The lowest BCUT2D eigenvalue weighted by Gasteiger charge is -2.39.